The van der Waals surface area contributed by atoms with Crippen LogP contribution >= 0.6 is 0 Å². The molecule has 8 N–H and O–H groups in total. The molecule has 0 fully saturated rings. The second kappa shape index (κ2) is 8.73. The quantitative estimate of drug-likeness (QED) is 0.121. The summed E-state index contributed by atoms with van der Waals surface area (Å²) in [6.45, 7) is 0. The Morgan fingerprint density at radius 1 is 0.541 bits per heavy atom. The summed E-state index contributed by atoms with van der Waals surface area (Å²) in [6.07, 6.45) is 0. The van der Waals surface area contributed by atoms with E-state index in [2.05, 4.69) is 22.1 Å². The summed E-state index contributed by atoms with van der Waals surface area (Å²) in [4.78, 5) is 6.81. The van der Waals surface area contributed by atoms with Crippen molar-refractivity contribution in [2.75, 3.05) is 0 Å². The third kappa shape index (κ3) is 4.30. The molecule has 0 saturated carbocycles. The van der Waals surface area contributed by atoms with E-state index in [-0.39, 0.29) is 11.7 Å². The maximum absolute atomic E-state index is 7.63. The minimum Gasteiger partial charge on any atom is -0.457 e. The van der Waals surface area contributed by atoms with Crippen LogP contribution in [0.5, 0.6) is 11.5 Å². The van der Waals surface area contributed by atoms with Gasteiger partial charge in [0.2, 0.25) is 0 Å². The fraction of sp³-hybridized carbons (Fsp3) is 0. The molecule has 0 saturated heterocycles. The third-order valence-electron chi connectivity index (χ3n) is 6.43. The van der Waals surface area contributed by atoms with Crippen molar-refractivity contribution >= 4 is 33.5 Å². The molecule has 0 radical (unpaired) electrons. The van der Waals surface area contributed by atoms with Gasteiger partial charge in [0.1, 0.15) is 23.2 Å². The average Bonchev–Trinajstić information content (AvgIpc) is 3.53. The molecule has 0 bridgehead atoms. The monoisotopic (exact) mass is 484 g/mol. The molecule has 0 spiro atoms. The number of nitrogens with two attached hydrogens (primary N) is 2. The molecule has 0 atom stereocenters. The van der Waals surface area contributed by atoms with Crippen LogP contribution in [0.1, 0.15) is 11.1 Å². The lowest BCUT2D eigenvalue weighted by Crippen LogP contribution is -2.10. The van der Waals surface area contributed by atoms with Crippen LogP contribution in [-0.2, 0) is 0 Å². The van der Waals surface area contributed by atoms with Crippen molar-refractivity contribution in [1.29, 1.82) is 10.8 Å². The van der Waals surface area contributed by atoms with Gasteiger partial charge in [-0.3, -0.25) is 10.8 Å². The number of benzene rings is 4. The summed E-state index contributed by atoms with van der Waals surface area (Å²) in [5.41, 5.74) is 18.6. The molecule has 2 heterocycles. The van der Waals surface area contributed by atoms with Crippen LogP contribution in [-0.4, -0.2) is 21.6 Å². The number of ether oxygens (including phenoxy) is 1. The minimum atomic E-state index is 0.0529. The van der Waals surface area contributed by atoms with Gasteiger partial charge < -0.3 is 26.2 Å². The van der Waals surface area contributed by atoms with Crippen molar-refractivity contribution < 1.29 is 4.74 Å². The van der Waals surface area contributed by atoms with Crippen LogP contribution in [0, 0.1) is 10.8 Å². The lowest BCUT2D eigenvalue weighted by atomic mass is 10.1. The first kappa shape index (κ1) is 22.2. The van der Waals surface area contributed by atoms with E-state index in [4.69, 9.17) is 27.0 Å². The van der Waals surface area contributed by atoms with Crippen molar-refractivity contribution in [2.45, 2.75) is 0 Å². The molecule has 4 aromatic carbocycles. The fourth-order valence-electron chi connectivity index (χ4n) is 4.44. The third-order valence-corrected chi connectivity index (χ3v) is 6.43. The molecule has 6 rings (SSSR count). The lowest BCUT2D eigenvalue weighted by Gasteiger charge is -2.07. The Morgan fingerprint density at radius 2 is 0.946 bits per heavy atom. The number of H-pyrrole nitrogens is 2. The molecule has 180 valence electrons. The zero-order chi connectivity index (χ0) is 25.5. The number of hydrogen-bond acceptors (Lipinski definition) is 3. The maximum atomic E-state index is 7.63. The van der Waals surface area contributed by atoms with Crippen molar-refractivity contribution in [1.82, 2.24) is 9.97 Å². The van der Waals surface area contributed by atoms with E-state index in [0.29, 0.717) is 11.1 Å². The van der Waals surface area contributed by atoms with Gasteiger partial charge in [0.25, 0.3) is 0 Å². The number of amidine groups is 2. The van der Waals surface area contributed by atoms with E-state index < -0.39 is 0 Å². The van der Waals surface area contributed by atoms with Crippen LogP contribution in [0.15, 0.2) is 97.1 Å². The lowest BCUT2D eigenvalue weighted by molar-refractivity contribution is 0.483. The molecule has 0 aliphatic rings. The van der Waals surface area contributed by atoms with Gasteiger partial charge in [-0.2, -0.15) is 0 Å². The minimum absolute atomic E-state index is 0.0529. The summed E-state index contributed by atoms with van der Waals surface area (Å²) >= 11 is 0. The van der Waals surface area contributed by atoms with Gasteiger partial charge in [0.15, 0.2) is 0 Å². The van der Waals surface area contributed by atoms with Crippen molar-refractivity contribution in [3.8, 4) is 34.0 Å². The highest BCUT2D eigenvalue weighted by atomic mass is 16.5. The molecule has 2 aromatic heterocycles. The highest BCUT2D eigenvalue weighted by molar-refractivity contribution is 6.00. The Hall–Kier alpha value is -5.30. The number of rotatable bonds is 6. The second-order valence-electron chi connectivity index (χ2n) is 8.95. The molecular formula is C30H24N6O. The molecule has 0 aliphatic carbocycles. The number of hydrogen-bond donors (Lipinski definition) is 6. The first-order valence-corrected chi connectivity index (χ1v) is 11.8. The highest BCUT2D eigenvalue weighted by Crippen LogP contribution is 2.30. The average molecular weight is 485 g/mol. The highest BCUT2D eigenvalue weighted by Gasteiger charge is 2.08. The van der Waals surface area contributed by atoms with E-state index in [9.17, 15) is 0 Å². The second-order valence-corrected chi connectivity index (χ2v) is 8.95. The van der Waals surface area contributed by atoms with Crippen LogP contribution in [0.2, 0.25) is 0 Å². The molecule has 0 amide bonds. The number of fused-ring (bicyclic) bond motifs is 2. The molecule has 0 aliphatic heterocycles. The Labute approximate surface area is 212 Å². The topological polar surface area (TPSA) is 141 Å². The Kier molecular flexibility index (Phi) is 5.23. The van der Waals surface area contributed by atoms with E-state index in [1.54, 1.807) is 0 Å². The molecular weight excluding hydrogens is 460 g/mol. The zero-order valence-electron chi connectivity index (χ0n) is 19.8. The van der Waals surface area contributed by atoms with Gasteiger partial charge >= 0.3 is 0 Å². The largest absolute Gasteiger partial charge is 0.457 e. The fourth-order valence-corrected chi connectivity index (χ4v) is 4.44. The van der Waals surface area contributed by atoms with Gasteiger partial charge in [-0.25, -0.2) is 0 Å². The summed E-state index contributed by atoms with van der Waals surface area (Å²) in [5, 5.41) is 17.4. The van der Waals surface area contributed by atoms with E-state index in [1.165, 1.54) is 0 Å². The van der Waals surface area contributed by atoms with E-state index in [1.807, 2.05) is 84.9 Å². The zero-order valence-corrected chi connectivity index (χ0v) is 19.8. The van der Waals surface area contributed by atoms with Crippen molar-refractivity contribution in [2.24, 2.45) is 11.5 Å². The van der Waals surface area contributed by atoms with Crippen LogP contribution in [0.25, 0.3) is 44.3 Å². The van der Waals surface area contributed by atoms with Gasteiger partial charge in [0.05, 0.1) is 0 Å². The Bertz CT molecular complexity index is 1660. The number of nitrogens with one attached hydrogen (secondary N) is 4. The van der Waals surface area contributed by atoms with Crippen LogP contribution in [0.4, 0.5) is 0 Å². The smallest absolute Gasteiger partial charge is 0.127 e. The normalized spacial score (nSPS) is 11.1. The van der Waals surface area contributed by atoms with Crippen molar-refractivity contribution in [3.05, 3.63) is 108 Å². The van der Waals surface area contributed by atoms with Gasteiger partial charge in [-0.15, -0.1) is 0 Å². The van der Waals surface area contributed by atoms with Crippen molar-refractivity contribution in [3.63, 3.8) is 0 Å². The molecule has 7 heteroatoms. The Morgan fingerprint density at radius 3 is 1.32 bits per heavy atom. The summed E-state index contributed by atoms with van der Waals surface area (Å²) in [6, 6.07) is 31.4. The standard InChI is InChI=1S/C30H24N6O/c31-29(32)21-3-1-19-13-25(35-27(19)15-21)17-5-9-23(10-6-17)37-24-11-7-18(8-12-24)26-14-20-2-4-22(30(33)34)16-28(20)36-26/h1-16,35-36H,(H3,31,32)(H3,33,34). The number of aromatic nitrogens is 2. The molecule has 37 heavy (non-hydrogen) atoms. The number of aromatic amines is 2. The summed E-state index contributed by atoms with van der Waals surface area (Å²) in [7, 11) is 0. The first-order valence-electron chi connectivity index (χ1n) is 11.8. The van der Waals surface area contributed by atoms with Gasteiger partial charge in [-0.1, -0.05) is 24.3 Å². The molecule has 7 nitrogen and oxygen atoms in total. The number of nitrogen functional groups attached to an aromatic ring is 2. The van der Waals surface area contributed by atoms with Crippen LogP contribution < -0.4 is 16.2 Å². The first-order chi connectivity index (χ1) is 17.9. The molecule has 6 aromatic rings. The SMILES string of the molecule is N=C(N)c1ccc2cc(-c3ccc(Oc4ccc(-c5cc6ccc(C(=N)N)cc6[nH]5)cc4)cc3)[nH]c2c1. The summed E-state index contributed by atoms with van der Waals surface area (Å²) in [5.74, 6) is 1.59. The van der Waals surface area contributed by atoms with Gasteiger partial charge in [0, 0.05) is 44.3 Å². The van der Waals surface area contributed by atoms with Crippen LogP contribution in [0.3, 0.4) is 0 Å². The Balaban J connectivity index is 1.18. The summed E-state index contributed by atoms with van der Waals surface area (Å²) < 4.78 is 6.07. The maximum Gasteiger partial charge on any atom is 0.127 e. The predicted octanol–water partition coefficient (Wildman–Crippen LogP) is 6.34. The molecule has 0 unspecified atom stereocenters. The van der Waals surface area contributed by atoms with E-state index >= 15 is 0 Å². The van der Waals surface area contributed by atoms with Gasteiger partial charge in [-0.05, 0) is 83.9 Å². The predicted molar refractivity (Wildman–Crippen MR) is 150 cm³/mol. The van der Waals surface area contributed by atoms with E-state index in [0.717, 1.165) is 55.8 Å².